The fourth-order valence-corrected chi connectivity index (χ4v) is 3.01. The molecule has 0 aromatic heterocycles. The molecule has 2 amide bonds. The second-order valence-corrected chi connectivity index (χ2v) is 6.55. The van der Waals surface area contributed by atoms with Gasteiger partial charge in [-0.2, -0.15) is 0 Å². The highest BCUT2D eigenvalue weighted by molar-refractivity contribution is 6.31. The van der Waals surface area contributed by atoms with Crippen LogP contribution in [0, 0.1) is 19.8 Å². The quantitative estimate of drug-likeness (QED) is 0.918. The Bertz CT molecular complexity index is 786. The summed E-state index contributed by atoms with van der Waals surface area (Å²) in [5.41, 5.74) is 3.48. The molecule has 2 aromatic carbocycles. The van der Waals surface area contributed by atoms with Crippen LogP contribution in [0.3, 0.4) is 0 Å². The molecule has 24 heavy (non-hydrogen) atoms. The second-order valence-electron chi connectivity index (χ2n) is 6.14. The van der Waals surface area contributed by atoms with Crippen LogP contribution in [0.25, 0.3) is 0 Å². The molecule has 4 nitrogen and oxygen atoms in total. The number of halogens is 1. The van der Waals surface area contributed by atoms with Gasteiger partial charge < -0.3 is 10.2 Å². The third-order valence-corrected chi connectivity index (χ3v) is 4.78. The van der Waals surface area contributed by atoms with Crippen LogP contribution >= 0.6 is 11.6 Å². The summed E-state index contributed by atoms with van der Waals surface area (Å²) >= 11 is 6.08. The van der Waals surface area contributed by atoms with E-state index in [9.17, 15) is 9.59 Å². The van der Waals surface area contributed by atoms with Gasteiger partial charge in [0, 0.05) is 29.4 Å². The Hall–Kier alpha value is -2.33. The minimum Gasteiger partial charge on any atom is -0.325 e. The van der Waals surface area contributed by atoms with Gasteiger partial charge in [-0.05, 0) is 43.7 Å². The highest BCUT2D eigenvalue weighted by Gasteiger charge is 2.35. The van der Waals surface area contributed by atoms with E-state index >= 15 is 0 Å². The molecule has 1 aliphatic heterocycles. The van der Waals surface area contributed by atoms with Crippen molar-refractivity contribution in [1.82, 2.24) is 0 Å². The van der Waals surface area contributed by atoms with E-state index in [1.165, 1.54) is 0 Å². The lowest BCUT2D eigenvalue weighted by atomic mass is 10.1. The summed E-state index contributed by atoms with van der Waals surface area (Å²) in [7, 11) is 0. The first-order valence-electron chi connectivity index (χ1n) is 7.88. The molecule has 0 saturated carbocycles. The summed E-state index contributed by atoms with van der Waals surface area (Å²) in [6, 6.07) is 13.1. The molecule has 1 N–H and O–H groups in total. The lowest BCUT2D eigenvalue weighted by Gasteiger charge is -2.17. The summed E-state index contributed by atoms with van der Waals surface area (Å²) in [6.07, 6.45) is 0.222. The smallest absolute Gasteiger partial charge is 0.229 e. The van der Waals surface area contributed by atoms with Crippen molar-refractivity contribution in [2.75, 3.05) is 16.8 Å². The number of amides is 2. The lowest BCUT2D eigenvalue weighted by Crippen LogP contribution is -2.28. The Morgan fingerprint density at radius 2 is 1.88 bits per heavy atom. The van der Waals surface area contributed by atoms with Crippen molar-refractivity contribution in [3.05, 3.63) is 58.6 Å². The number of anilines is 2. The van der Waals surface area contributed by atoms with Crippen molar-refractivity contribution in [3.63, 3.8) is 0 Å². The number of carbonyl (C=O) groups is 2. The van der Waals surface area contributed by atoms with Gasteiger partial charge in [0.2, 0.25) is 11.8 Å². The summed E-state index contributed by atoms with van der Waals surface area (Å²) in [4.78, 5) is 26.5. The highest BCUT2D eigenvalue weighted by atomic mass is 35.5. The average molecular weight is 343 g/mol. The minimum atomic E-state index is -0.364. The Morgan fingerprint density at radius 1 is 1.17 bits per heavy atom. The number of rotatable bonds is 3. The Kier molecular flexibility index (Phi) is 4.58. The van der Waals surface area contributed by atoms with Gasteiger partial charge in [-0.1, -0.05) is 35.4 Å². The molecule has 5 heteroatoms. The van der Waals surface area contributed by atoms with Gasteiger partial charge in [0.1, 0.15) is 0 Å². The molecular weight excluding hydrogens is 324 g/mol. The zero-order valence-electron chi connectivity index (χ0n) is 13.7. The highest BCUT2D eigenvalue weighted by Crippen LogP contribution is 2.28. The number of nitrogens with zero attached hydrogens (tertiary/aromatic N) is 1. The van der Waals surface area contributed by atoms with Crippen molar-refractivity contribution in [2.24, 2.45) is 5.92 Å². The van der Waals surface area contributed by atoms with Gasteiger partial charge in [-0.3, -0.25) is 9.59 Å². The van der Waals surface area contributed by atoms with Gasteiger partial charge in [-0.15, -0.1) is 0 Å². The molecule has 3 rings (SSSR count). The van der Waals surface area contributed by atoms with Crippen molar-refractivity contribution in [1.29, 1.82) is 0 Å². The number of nitrogens with one attached hydrogen (secondary N) is 1. The number of hydrogen-bond donors (Lipinski definition) is 1. The van der Waals surface area contributed by atoms with Crippen molar-refractivity contribution < 1.29 is 9.59 Å². The standard InChI is InChI=1S/C19H19ClN2O2/c1-12-6-8-15(9-7-12)22-11-14(10-18(22)23)19(24)21-17-5-3-4-16(20)13(17)2/h3-9,14H,10-11H2,1-2H3,(H,21,24)/t14-/m0/s1. The van der Waals surface area contributed by atoms with E-state index in [-0.39, 0.29) is 24.2 Å². The first-order valence-corrected chi connectivity index (χ1v) is 8.26. The van der Waals surface area contributed by atoms with E-state index in [0.29, 0.717) is 17.3 Å². The molecule has 1 aliphatic rings. The van der Waals surface area contributed by atoms with Crippen LogP contribution < -0.4 is 10.2 Å². The molecule has 1 atom stereocenters. The number of carbonyl (C=O) groups excluding carboxylic acids is 2. The van der Waals surface area contributed by atoms with Crippen molar-refractivity contribution >= 4 is 34.8 Å². The maximum atomic E-state index is 12.5. The third-order valence-electron chi connectivity index (χ3n) is 4.37. The molecule has 0 aliphatic carbocycles. The van der Waals surface area contributed by atoms with Gasteiger partial charge >= 0.3 is 0 Å². The predicted molar refractivity (Wildman–Crippen MR) is 96.5 cm³/mol. The van der Waals surface area contributed by atoms with Crippen LogP contribution in [0.4, 0.5) is 11.4 Å². The fourth-order valence-electron chi connectivity index (χ4n) is 2.84. The molecule has 0 spiro atoms. The van der Waals surface area contributed by atoms with E-state index in [4.69, 9.17) is 11.6 Å². The van der Waals surface area contributed by atoms with Gasteiger partial charge in [-0.25, -0.2) is 0 Å². The van der Waals surface area contributed by atoms with E-state index in [2.05, 4.69) is 5.32 Å². The van der Waals surface area contributed by atoms with E-state index in [0.717, 1.165) is 16.8 Å². The average Bonchev–Trinajstić information content (AvgIpc) is 2.94. The largest absolute Gasteiger partial charge is 0.325 e. The van der Waals surface area contributed by atoms with Crippen molar-refractivity contribution in [3.8, 4) is 0 Å². The van der Waals surface area contributed by atoms with Crippen LogP contribution in [0.2, 0.25) is 5.02 Å². The minimum absolute atomic E-state index is 0.0261. The lowest BCUT2D eigenvalue weighted by molar-refractivity contribution is -0.122. The van der Waals surface area contributed by atoms with Crippen LogP contribution in [-0.2, 0) is 9.59 Å². The molecule has 1 fully saturated rings. The van der Waals surface area contributed by atoms with Gasteiger partial charge in [0.15, 0.2) is 0 Å². The summed E-state index contributed by atoms with van der Waals surface area (Å²) in [5, 5.41) is 3.50. The SMILES string of the molecule is Cc1ccc(N2C[C@@H](C(=O)Nc3cccc(Cl)c3C)CC2=O)cc1. The Morgan fingerprint density at radius 3 is 2.58 bits per heavy atom. The van der Waals surface area contributed by atoms with Gasteiger partial charge in [0.25, 0.3) is 0 Å². The van der Waals surface area contributed by atoms with Crippen molar-refractivity contribution in [2.45, 2.75) is 20.3 Å². The number of aryl methyl sites for hydroxylation is 1. The first kappa shape index (κ1) is 16.5. The maximum absolute atomic E-state index is 12.5. The normalized spacial score (nSPS) is 17.2. The van der Waals surface area contributed by atoms with Crippen LogP contribution in [0.15, 0.2) is 42.5 Å². The van der Waals surface area contributed by atoms with Gasteiger partial charge in [0.05, 0.1) is 5.92 Å². The molecule has 1 heterocycles. The van der Waals surface area contributed by atoms with E-state index < -0.39 is 0 Å². The second kappa shape index (κ2) is 6.65. The summed E-state index contributed by atoms with van der Waals surface area (Å²) < 4.78 is 0. The molecule has 0 radical (unpaired) electrons. The summed E-state index contributed by atoms with van der Waals surface area (Å²) in [6.45, 7) is 4.25. The summed E-state index contributed by atoms with van der Waals surface area (Å²) in [5.74, 6) is -0.540. The van der Waals surface area contributed by atoms with E-state index in [1.54, 1.807) is 17.0 Å². The first-order chi connectivity index (χ1) is 11.5. The molecular formula is C19H19ClN2O2. The zero-order chi connectivity index (χ0) is 17.3. The Labute approximate surface area is 146 Å². The monoisotopic (exact) mass is 342 g/mol. The maximum Gasteiger partial charge on any atom is 0.229 e. The molecule has 0 bridgehead atoms. The van der Waals surface area contributed by atoms with Crippen LogP contribution in [0.5, 0.6) is 0 Å². The topological polar surface area (TPSA) is 49.4 Å². The van der Waals surface area contributed by atoms with E-state index in [1.807, 2.05) is 44.2 Å². The predicted octanol–water partition coefficient (Wildman–Crippen LogP) is 3.95. The van der Waals surface area contributed by atoms with Crippen LogP contribution in [0.1, 0.15) is 17.5 Å². The Balaban J connectivity index is 1.72. The zero-order valence-corrected chi connectivity index (χ0v) is 14.4. The third kappa shape index (κ3) is 3.29. The molecule has 1 saturated heterocycles. The fraction of sp³-hybridized carbons (Fsp3) is 0.263. The number of hydrogen-bond acceptors (Lipinski definition) is 2. The number of benzene rings is 2. The molecule has 2 aromatic rings. The van der Waals surface area contributed by atoms with Crippen LogP contribution in [-0.4, -0.2) is 18.4 Å². The molecule has 124 valence electrons. The molecule has 0 unspecified atom stereocenters.